The van der Waals surface area contributed by atoms with Gasteiger partial charge in [-0.2, -0.15) is 0 Å². The van der Waals surface area contributed by atoms with E-state index >= 15 is 0 Å². The number of pyridine rings is 1. The predicted octanol–water partition coefficient (Wildman–Crippen LogP) is 2.50. The summed E-state index contributed by atoms with van der Waals surface area (Å²) in [4.78, 5) is 18.8. The Labute approximate surface area is 147 Å². The molecule has 2 amide bonds. The number of aromatic nitrogens is 1. The zero-order valence-electron chi connectivity index (χ0n) is 14.4. The van der Waals surface area contributed by atoms with Crippen LogP contribution in [0.15, 0.2) is 42.6 Å². The Hall–Kier alpha value is -2.96. The van der Waals surface area contributed by atoms with E-state index in [0.29, 0.717) is 17.2 Å². The van der Waals surface area contributed by atoms with Gasteiger partial charge in [-0.3, -0.25) is 0 Å². The second kappa shape index (κ2) is 7.74. The average molecular weight is 342 g/mol. The molecule has 0 radical (unpaired) electrons. The molecular formula is C18H22N4O3. The Kier molecular flexibility index (Phi) is 5.23. The van der Waals surface area contributed by atoms with Crippen molar-refractivity contribution in [2.45, 2.75) is 12.5 Å². The molecule has 2 N–H and O–H groups in total. The van der Waals surface area contributed by atoms with Crippen molar-refractivity contribution < 1.29 is 14.3 Å². The van der Waals surface area contributed by atoms with Crippen molar-refractivity contribution in [2.24, 2.45) is 0 Å². The number of amides is 2. The maximum absolute atomic E-state index is 12.3. The molecule has 1 unspecified atom stereocenters. The summed E-state index contributed by atoms with van der Waals surface area (Å²) in [6.07, 6.45) is 2.66. The molecule has 0 aliphatic carbocycles. The molecule has 1 atom stereocenters. The fraction of sp³-hybridized carbons (Fsp3) is 0.333. The number of methoxy groups -OCH3 is 2. The van der Waals surface area contributed by atoms with Gasteiger partial charge in [0.1, 0.15) is 17.3 Å². The van der Waals surface area contributed by atoms with E-state index in [2.05, 4.69) is 20.5 Å². The minimum atomic E-state index is -0.253. The molecule has 1 fully saturated rings. The van der Waals surface area contributed by atoms with Crippen LogP contribution in [-0.4, -0.2) is 44.4 Å². The van der Waals surface area contributed by atoms with Gasteiger partial charge in [-0.25, -0.2) is 9.78 Å². The Balaban J connectivity index is 1.57. The molecule has 0 bridgehead atoms. The molecule has 1 aliphatic rings. The van der Waals surface area contributed by atoms with Gasteiger partial charge in [-0.15, -0.1) is 0 Å². The number of hydrogen-bond acceptors (Lipinski definition) is 5. The molecule has 2 heterocycles. The van der Waals surface area contributed by atoms with E-state index in [1.807, 2.05) is 18.2 Å². The zero-order valence-corrected chi connectivity index (χ0v) is 14.4. The molecule has 2 aromatic rings. The molecule has 7 nitrogen and oxygen atoms in total. The third-order valence-corrected chi connectivity index (χ3v) is 4.15. The molecule has 1 aliphatic heterocycles. The lowest BCUT2D eigenvalue weighted by Crippen LogP contribution is -2.39. The van der Waals surface area contributed by atoms with E-state index in [1.54, 1.807) is 38.6 Å². The quantitative estimate of drug-likeness (QED) is 0.873. The molecular weight excluding hydrogens is 320 g/mol. The summed E-state index contributed by atoms with van der Waals surface area (Å²) >= 11 is 0. The highest BCUT2D eigenvalue weighted by molar-refractivity contribution is 5.91. The largest absolute Gasteiger partial charge is 0.497 e. The van der Waals surface area contributed by atoms with E-state index in [9.17, 15) is 4.79 Å². The molecule has 0 spiro atoms. The number of urea groups is 1. The van der Waals surface area contributed by atoms with Crippen molar-refractivity contribution in [3.05, 3.63) is 42.6 Å². The fourth-order valence-corrected chi connectivity index (χ4v) is 2.87. The van der Waals surface area contributed by atoms with Gasteiger partial charge in [0, 0.05) is 31.4 Å². The van der Waals surface area contributed by atoms with Crippen LogP contribution in [0.3, 0.4) is 0 Å². The van der Waals surface area contributed by atoms with Gasteiger partial charge in [0.25, 0.3) is 0 Å². The van der Waals surface area contributed by atoms with Crippen molar-refractivity contribution in [1.29, 1.82) is 0 Å². The number of carbonyl (C=O) groups excluding carboxylic acids is 1. The molecule has 1 saturated heterocycles. The number of ether oxygens (including phenoxy) is 2. The normalized spacial score (nSPS) is 16.4. The first kappa shape index (κ1) is 16.9. The zero-order chi connectivity index (χ0) is 17.6. The predicted molar refractivity (Wildman–Crippen MR) is 96.6 cm³/mol. The SMILES string of the molecule is COc1ccc(NC(=O)NC2CCN(c3ccccn3)C2)c(OC)c1. The number of hydrogen-bond donors (Lipinski definition) is 2. The Morgan fingerprint density at radius 2 is 2.12 bits per heavy atom. The van der Waals surface area contributed by atoms with Gasteiger partial charge in [-0.05, 0) is 30.7 Å². The minimum Gasteiger partial charge on any atom is -0.497 e. The summed E-state index contributed by atoms with van der Waals surface area (Å²) in [6.45, 7) is 1.61. The first-order valence-electron chi connectivity index (χ1n) is 8.15. The van der Waals surface area contributed by atoms with E-state index in [0.717, 1.165) is 25.3 Å². The Morgan fingerprint density at radius 1 is 1.24 bits per heavy atom. The standard InChI is InChI=1S/C18H22N4O3/c1-24-14-6-7-15(16(11-14)25-2)21-18(23)20-13-8-10-22(12-13)17-5-3-4-9-19-17/h3-7,9,11,13H,8,10,12H2,1-2H3,(H2,20,21,23). The van der Waals surface area contributed by atoms with Crippen LogP contribution in [0.1, 0.15) is 6.42 Å². The van der Waals surface area contributed by atoms with Crippen LogP contribution in [0.4, 0.5) is 16.3 Å². The number of nitrogens with zero attached hydrogens (tertiary/aromatic N) is 2. The van der Waals surface area contributed by atoms with Gasteiger partial charge in [0.15, 0.2) is 0 Å². The third kappa shape index (κ3) is 4.12. The van der Waals surface area contributed by atoms with Crippen molar-refractivity contribution in [3.8, 4) is 11.5 Å². The lowest BCUT2D eigenvalue weighted by atomic mass is 10.2. The van der Waals surface area contributed by atoms with Gasteiger partial charge < -0.3 is 25.0 Å². The van der Waals surface area contributed by atoms with Gasteiger partial charge >= 0.3 is 6.03 Å². The van der Waals surface area contributed by atoms with Crippen LogP contribution in [0.2, 0.25) is 0 Å². The minimum absolute atomic E-state index is 0.0752. The van der Waals surface area contributed by atoms with Gasteiger partial charge in [-0.1, -0.05) is 6.07 Å². The van der Waals surface area contributed by atoms with Crippen molar-refractivity contribution in [2.75, 3.05) is 37.5 Å². The molecule has 3 rings (SSSR count). The molecule has 25 heavy (non-hydrogen) atoms. The summed E-state index contributed by atoms with van der Waals surface area (Å²) in [7, 11) is 3.14. The maximum Gasteiger partial charge on any atom is 0.319 e. The molecule has 0 saturated carbocycles. The highest BCUT2D eigenvalue weighted by atomic mass is 16.5. The van der Waals surface area contributed by atoms with Crippen molar-refractivity contribution >= 4 is 17.5 Å². The van der Waals surface area contributed by atoms with Crippen molar-refractivity contribution in [3.63, 3.8) is 0 Å². The van der Waals surface area contributed by atoms with E-state index in [1.165, 1.54) is 0 Å². The van der Waals surface area contributed by atoms with Crippen LogP contribution in [-0.2, 0) is 0 Å². The monoisotopic (exact) mass is 342 g/mol. The van der Waals surface area contributed by atoms with E-state index in [4.69, 9.17) is 9.47 Å². The van der Waals surface area contributed by atoms with E-state index in [-0.39, 0.29) is 12.1 Å². The molecule has 132 valence electrons. The topological polar surface area (TPSA) is 75.7 Å². The lowest BCUT2D eigenvalue weighted by Gasteiger charge is -2.18. The third-order valence-electron chi connectivity index (χ3n) is 4.15. The smallest absolute Gasteiger partial charge is 0.319 e. The molecule has 7 heteroatoms. The second-order valence-electron chi connectivity index (χ2n) is 5.78. The number of rotatable bonds is 5. The summed E-state index contributed by atoms with van der Waals surface area (Å²) in [6, 6.07) is 10.9. The van der Waals surface area contributed by atoms with Gasteiger partial charge in [0.2, 0.25) is 0 Å². The molecule has 1 aromatic heterocycles. The van der Waals surface area contributed by atoms with Crippen LogP contribution < -0.4 is 25.0 Å². The van der Waals surface area contributed by atoms with Crippen molar-refractivity contribution in [1.82, 2.24) is 10.3 Å². The summed E-state index contributed by atoms with van der Waals surface area (Å²) < 4.78 is 10.5. The van der Waals surface area contributed by atoms with E-state index < -0.39 is 0 Å². The Bertz CT molecular complexity index is 724. The van der Waals surface area contributed by atoms with Gasteiger partial charge in [0.05, 0.1) is 19.9 Å². The first-order valence-corrected chi connectivity index (χ1v) is 8.15. The number of nitrogens with one attached hydrogen (secondary N) is 2. The van der Waals surface area contributed by atoms with Crippen LogP contribution in [0, 0.1) is 0 Å². The maximum atomic E-state index is 12.3. The summed E-state index contributed by atoms with van der Waals surface area (Å²) in [5, 5.41) is 5.83. The second-order valence-corrected chi connectivity index (χ2v) is 5.78. The van der Waals surface area contributed by atoms with Crippen LogP contribution >= 0.6 is 0 Å². The first-order chi connectivity index (χ1) is 12.2. The van der Waals surface area contributed by atoms with Crippen LogP contribution in [0.5, 0.6) is 11.5 Å². The average Bonchev–Trinajstić information content (AvgIpc) is 3.11. The number of benzene rings is 1. The Morgan fingerprint density at radius 3 is 2.84 bits per heavy atom. The van der Waals surface area contributed by atoms with Crippen LogP contribution in [0.25, 0.3) is 0 Å². The highest BCUT2D eigenvalue weighted by Crippen LogP contribution is 2.29. The number of carbonyl (C=O) groups is 1. The lowest BCUT2D eigenvalue weighted by molar-refractivity contribution is 0.249. The summed E-state index contributed by atoms with van der Waals surface area (Å²) in [5.41, 5.74) is 0.598. The fourth-order valence-electron chi connectivity index (χ4n) is 2.87. The molecule has 1 aromatic carbocycles. The number of anilines is 2. The highest BCUT2D eigenvalue weighted by Gasteiger charge is 2.24. The summed E-state index contributed by atoms with van der Waals surface area (Å²) in [5.74, 6) is 2.16.